The number of nitrogens with zero attached hydrogens (tertiary/aromatic N) is 4. The molecule has 0 bridgehead atoms. The number of hydrogen-bond acceptors (Lipinski definition) is 4. The summed E-state index contributed by atoms with van der Waals surface area (Å²) in [5.74, 6) is 2.16. The second-order valence-electron chi connectivity index (χ2n) is 10.6. The van der Waals surface area contributed by atoms with Gasteiger partial charge in [-0.15, -0.1) is 0 Å². The minimum atomic E-state index is 0.539. The van der Waals surface area contributed by atoms with Crippen molar-refractivity contribution in [2.75, 3.05) is 12.0 Å². The van der Waals surface area contributed by atoms with E-state index in [9.17, 15) is 0 Å². The summed E-state index contributed by atoms with van der Waals surface area (Å²) in [6, 6.07) is 15.9. The summed E-state index contributed by atoms with van der Waals surface area (Å²) in [6.45, 7) is 7.35. The van der Waals surface area contributed by atoms with Crippen LogP contribution < -0.4 is 9.64 Å². The van der Waals surface area contributed by atoms with Crippen molar-refractivity contribution in [2.45, 2.75) is 78.3 Å². The molecule has 0 spiro atoms. The fraction of sp³-hybridized carbons (Fsp3) is 0.419. The highest BCUT2D eigenvalue weighted by Crippen LogP contribution is 2.40. The molecule has 0 N–H and O–H groups in total. The molecular formula is C31H36N4O. The molecule has 4 aromatic rings. The lowest BCUT2D eigenvalue weighted by Gasteiger charge is -2.33. The predicted molar refractivity (Wildman–Crippen MR) is 146 cm³/mol. The van der Waals surface area contributed by atoms with Crippen LogP contribution in [0.2, 0.25) is 0 Å². The fourth-order valence-corrected chi connectivity index (χ4v) is 6.25. The first-order valence-corrected chi connectivity index (χ1v) is 13.4. The van der Waals surface area contributed by atoms with Gasteiger partial charge in [0, 0.05) is 29.4 Å². The molecule has 0 aliphatic heterocycles. The quantitative estimate of drug-likeness (QED) is 0.305. The number of aryl methyl sites for hydroxylation is 4. The van der Waals surface area contributed by atoms with Crippen LogP contribution in [0.25, 0.3) is 16.8 Å². The highest BCUT2D eigenvalue weighted by Gasteiger charge is 2.32. The number of hydrogen-bond donors (Lipinski definition) is 0. The SMILES string of the molecule is COc1ccc(-c2c(C)nn3c(N(Cc4ccc(C)cc4)C4CCCC4)c4c(nc23)CCC4)c(C)c1. The molecule has 6 rings (SSSR count). The Hall–Kier alpha value is -3.34. The van der Waals surface area contributed by atoms with Crippen LogP contribution in [0.15, 0.2) is 42.5 Å². The second kappa shape index (κ2) is 9.27. The van der Waals surface area contributed by atoms with E-state index >= 15 is 0 Å². The smallest absolute Gasteiger partial charge is 0.165 e. The Morgan fingerprint density at radius 2 is 1.75 bits per heavy atom. The Morgan fingerprint density at radius 3 is 2.47 bits per heavy atom. The molecule has 2 aliphatic rings. The highest BCUT2D eigenvalue weighted by molar-refractivity contribution is 5.83. The van der Waals surface area contributed by atoms with Crippen LogP contribution >= 0.6 is 0 Å². The van der Waals surface area contributed by atoms with Crippen molar-refractivity contribution in [3.05, 3.63) is 76.1 Å². The van der Waals surface area contributed by atoms with Crippen molar-refractivity contribution in [1.82, 2.24) is 14.6 Å². The summed E-state index contributed by atoms with van der Waals surface area (Å²) in [7, 11) is 1.72. The van der Waals surface area contributed by atoms with Crippen LogP contribution in [-0.4, -0.2) is 27.7 Å². The zero-order chi connectivity index (χ0) is 24.8. The van der Waals surface area contributed by atoms with E-state index in [1.54, 1.807) is 7.11 Å². The largest absolute Gasteiger partial charge is 0.497 e. The molecule has 0 radical (unpaired) electrons. The normalized spacial score (nSPS) is 15.6. The summed E-state index contributed by atoms with van der Waals surface area (Å²) in [6.07, 6.45) is 8.40. The van der Waals surface area contributed by atoms with Crippen LogP contribution in [0, 0.1) is 20.8 Å². The maximum absolute atomic E-state index is 5.47. The molecule has 1 fully saturated rings. The van der Waals surface area contributed by atoms with Crippen molar-refractivity contribution in [3.63, 3.8) is 0 Å². The van der Waals surface area contributed by atoms with Gasteiger partial charge >= 0.3 is 0 Å². The van der Waals surface area contributed by atoms with Crippen LogP contribution in [0.1, 0.15) is 65.7 Å². The van der Waals surface area contributed by atoms with Gasteiger partial charge in [-0.1, -0.05) is 48.7 Å². The maximum atomic E-state index is 5.47. The Balaban J connectivity index is 1.56. The van der Waals surface area contributed by atoms with Crippen LogP contribution in [0.5, 0.6) is 5.75 Å². The third-order valence-electron chi connectivity index (χ3n) is 8.15. The third kappa shape index (κ3) is 3.95. The number of methoxy groups -OCH3 is 1. The number of fused-ring (bicyclic) bond motifs is 2. The standard InChI is InChI=1S/C31H36N4O/c1-20-12-14-23(15-13-20)19-34(24-8-5-6-9-24)31-27-10-7-11-28(27)32-30-29(22(3)33-35(30)31)26-17-16-25(36-4)18-21(26)2/h12-18,24H,5-11,19H2,1-4H3. The van der Waals surface area contributed by atoms with Gasteiger partial charge in [-0.25, -0.2) is 4.98 Å². The molecule has 5 heteroatoms. The van der Waals surface area contributed by atoms with E-state index in [0.717, 1.165) is 42.0 Å². The molecule has 0 amide bonds. The van der Waals surface area contributed by atoms with E-state index in [1.807, 2.05) is 6.07 Å². The number of anilines is 1. The number of aromatic nitrogens is 3. The van der Waals surface area contributed by atoms with Gasteiger partial charge in [-0.05, 0) is 81.7 Å². The third-order valence-corrected chi connectivity index (χ3v) is 8.15. The molecule has 2 aromatic heterocycles. The molecule has 5 nitrogen and oxygen atoms in total. The van der Waals surface area contributed by atoms with Crippen LogP contribution in [-0.2, 0) is 19.4 Å². The number of benzene rings is 2. The van der Waals surface area contributed by atoms with Crippen LogP contribution in [0.4, 0.5) is 5.82 Å². The zero-order valence-electron chi connectivity index (χ0n) is 22.0. The lowest BCUT2D eigenvalue weighted by Crippen LogP contribution is -2.35. The molecule has 2 aliphatic carbocycles. The predicted octanol–water partition coefficient (Wildman–Crippen LogP) is 6.77. The highest BCUT2D eigenvalue weighted by atomic mass is 16.5. The summed E-state index contributed by atoms with van der Waals surface area (Å²) >= 11 is 0. The van der Waals surface area contributed by atoms with E-state index < -0.39 is 0 Å². The van der Waals surface area contributed by atoms with Crippen molar-refractivity contribution >= 4 is 11.5 Å². The van der Waals surface area contributed by atoms with E-state index in [0.29, 0.717) is 6.04 Å². The summed E-state index contributed by atoms with van der Waals surface area (Å²) < 4.78 is 7.66. The minimum Gasteiger partial charge on any atom is -0.497 e. The van der Waals surface area contributed by atoms with Crippen molar-refractivity contribution in [3.8, 4) is 16.9 Å². The molecule has 36 heavy (non-hydrogen) atoms. The van der Waals surface area contributed by atoms with E-state index in [2.05, 4.69) is 66.6 Å². The van der Waals surface area contributed by atoms with Crippen molar-refractivity contribution in [1.29, 1.82) is 0 Å². The lowest BCUT2D eigenvalue weighted by atomic mass is 10.0. The van der Waals surface area contributed by atoms with Gasteiger partial charge in [0.2, 0.25) is 0 Å². The number of ether oxygens (including phenoxy) is 1. The molecule has 1 saturated carbocycles. The second-order valence-corrected chi connectivity index (χ2v) is 10.6. The molecule has 0 atom stereocenters. The molecule has 0 unspecified atom stereocenters. The van der Waals surface area contributed by atoms with Crippen LogP contribution in [0.3, 0.4) is 0 Å². The average Bonchev–Trinajstić information content (AvgIpc) is 3.63. The van der Waals surface area contributed by atoms with E-state index in [-0.39, 0.29) is 0 Å². The Kier molecular flexibility index (Phi) is 5.94. The minimum absolute atomic E-state index is 0.539. The first-order valence-electron chi connectivity index (χ1n) is 13.4. The first kappa shape index (κ1) is 23.1. The molecule has 2 aromatic carbocycles. The zero-order valence-corrected chi connectivity index (χ0v) is 22.0. The Morgan fingerprint density at radius 1 is 0.972 bits per heavy atom. The van der Waals surface area contributed by atoms with Crippen molar-refractivity contribution in [2.24, 2.45) is 0 Å². The summed E-state index contributed by atoms with van der Waals surface area (Å²) in [4.78, 5) is 7.94. The van der Waals surface area contributed by atoms with E-state index in [1.165, 1.54) is 71.4 Å². The summed E-state index contributed by atoms with van der Waals surface area (Å²) in [5.41, 5.74) is 10.9. The Bertz CT molecular complexity index is 1410. The van der Waals surface area contributed by atoms with Gasteiger partial charge in [0.05, 0.1) is 12.8 Å². The molecule has 2 heterocycles. The van der Waals surface area contributed by atoms with Gasteiger partial charge in [0.1, 0.15) is 11.6 Å². The average molecular weight is 481 g/mol. The van der Waals surface area contributed by atoms with Gasteiger partial charge in [0.15, 0.2) is 5.65 Å². The van der Waals surface area contributed by atoms with Gasteiger partial charge < -0.3 is 9.64 Å². The first-order chi connectivity index (χ1) is 17.5. The van der Waals surface area contributed by atoms with Gasteiger partial charge in [-0.2, -0.15) is 9.61 Å². The maximum Gasteiger partial charge on any atom is 0.165 e. The Labute approximate surface area is 214 Å². The van der Waals surface area contributed by atoms with Gasteiger partial charge in [0.25, 0.3) is 0 Å². The lowest BCUT2D eigenvalue weighted by molar-refractivity contribution is 0.414. The van der Waals surface area contributed by atoms with Crippen molar-refractivity contribution < 1.29 is 4.74 Å². The topological polar surface area (TPSA) is 42.7 Å². The molecule has 0 saturated heterocycles. The monoisotopic (exact) mass is 480 g/mol. The summed E-state index contributed by atoms with van der Waals surface area (Å²) in [5, 5.41) is 5.18. The number of rotatable bonds is 6. The molecular weight excluding hydrogens is 444 g/mol. The fourth-order valence-electron chi connectivity index (χ4n) is 6.25. The van der Waals surface area contributed by atoms with Gasteiger partial charge in [-0.3, -0.25) is 0 Å². The van der Waals surface area contributed by atoms with E-state index in [4.69, 9.17) is 14.8 Å². The molecule has 186 valence electrons.